The number of nitrogens with one attached hydrogen (secondary N) is 1. The summed E-state index contributed by atoms with van der Waals surface area (Å²) in [6, 6.07) is 17.9. The summed E-state index contributed by atoms with van der Waals surface area (Å²) < 4.78 is 12.1. The van der Waals surface area contributed by atoms with Crippen LogP contribution in [0.4, 0.5) is 5.69 Å². The Labute approximate surface area is 169 Å². The molecule has 0 saturated heterocycles. The number of fused-ring (bicyclic) bond motifs is 1. The molecule has 0 unspecified atom stereocenters. The van der Waals surface area contributed by atoms with Crippen molar-refractivity contribution in [1.29, 1.82) is 0 Å². The van der Waals surface area contributed by atoms with Gasteiger partial charge in [0.05, 0.1) is 24.8 Å². The lowest BCUT2D eigenvalue weighted by Crippen LogP contribution is -2.17. The molecule has 150 valence electrons. The Kier molecular flexibility index (Phi) is 6.34. The normalized spacial score (nSPS) is 11.3. The molecular formula is C23H24N2O4. The van der Waals surface area contributed by atoms with E-state index < -0.39 is 11.9 Å². The molecule has 0 amide bonds. The summed E-state index contributed by atoms with van der Waals surface area (Å²) in [6.45, 7) is 3.84. The molecule has 0 aliphatic rings. The molecule has 0 radical (unpaired) electrons. The minimum atomic E-state index is -0.614. The van der Waals surface area contributed by atoms with Crippen LogP contribution in [0.3, 0.4) is 0 Å². The van der Waals surface area contributed by atoms with Gasteiger partial charge < -0.3 is 19.4 Å². The van der Waals surface area contributed by atoms with E-state index in [4.69, 9.17) is 9.47 Å². The van der Waals surface area contributed by atoms with E-state index in [2.05, 4.69) is 16.0 Å². The number of carbonyl (C=O) groups is 2. The third-order valence-corrected chi connectivity index (χ3v) is 4.47. The van der Waals surface area contributed by atoms with Crippen molar-refractivity contribution in [3.8, 4) is 11.3 Å². The first-order valence-corrected chi connectivity index (χ1v) is 9.51. The number of nitrogens with zero attached hydrogens (tertiary/aromatic N) is 1. The minimum absolute atomic E-state index is 0.0305. The molecule has 1 heterocycles. The maximum absolute atomic E-state index is 12.4. The summed E-state index contributed by atoms with van der Waals surface area (Å²) in [5.74, 6) is -1.22. The number of hydrogen-bond donors (Lipinski definition) is 1. The molecule has 6 heteroatoms. The molecular weight excluding hydrogens is 368 g/mol. The third kappa shape index (κ3) is 4.48. The van der Waals surface area contributed by atoms with Crippen molar-refractivity contribution >= 4 is 28.5 Å². The second kappa shape index (κ2) is 9.10. The first kappa shape index (κ1) is 20.2. The highest BCUT2D eigenvalue weighted by atomic mass is 16.5. The van der Waals surface area contributed by atoms with E-state index in [0.717, 1.165) is 28.2 Å². The summed E-state index contributed by atoms with van der Waals surface area (Å²) >= 11 is 0. The monoisotopic (exact) mass is 392 g/mol. The molecule has 0 atom stereocenters. The van der Waals surface area contributed by atoms with Crippen molar-refractivity contribution in [2.75, 3.05) is 18.5 Å². The Morgan fingerprint density at radius 2 is 1.72 bits per heavy atom. The molecule has 0 aliphatic carbocycles. The SMILES string of the molecule is CCOC(=O)/C=C(\Nc1cccc2c1cc(-c1ccccc1)n2C)C(=O)OCC. The van der Waals surface area contributed by atoms with E-state index in [1.807, 2.05) is 55.6 Å². The highest BCUT2D eigenvalue weighted by Gasteiger charge is 2.17. The zero-order valence-corrected chi connectivity index (χ0v) is 16.8. The average Bonchev–Trinajstić information content (AvgIpc) is 3.06. The molecule has 2 aromatic carbocycles. The van der Waals surface area contributed by atoms with Crippen molar-refractivity contribution in [3.05, 3.63) is 66.4 Å². The zero-order chi connectivity index (χ0) is 20.8. The van der Waals surface area contributed by atoms with Crippen molar-refractivity contribution in [2.24, 2.45) is 7.05 Å². The number of aromatic nitrogens is 1. The van der Waals surface area contributed by atoms with Crippen molar-refractivity contribution in [3.63, 3.8) is 0 Å². The van der Waals surface area contributed by atoms with Gasteiger partial charge in [0.25, 0.3) is 0 Å². The van der Waals surface area contributed by atoms with Gasteiger partial charge in [-0.15, -0.1) is 0 Å². The smallest absolute Gasteiger partial charge is 0.355 e. The van der Waals surface area contributed by atoms with E-state index in [1.165, 1.54) is 0 Å². The van der Waals surface area contributed by atoms with Gasteiger partial charge in [-0.25, -0.2) is 9.59 Å². The lowest BCUT2D eigenvalue weighted by atomic mass is 10.1. The van der Waals surface area contributed by atoms with Gasteiger partial charge in [-0.05, 0) is 37.6 Å². The Morgan fingerprint density at radius 1 is 1.00 bits per heavy atom. The Balaban J connectivity index is 2.04. The largest absolute Gasteiger partial charge is 0.463 e. The summed E-state index contributed by atoms with van der Waals surface area (Å²) in [6.07, 6.45) is 1.13. The van der Waals surface area contributed by atoms with E-state index >= 15 is 0 Å². The van der Waals surface area contributed by atoms with Gasteiger partial charge in [-0.3, -0.25) is 0 Å². The standard InChI is InChI=1S/C23H24N2O4/c1-4-28-22(26)15-19(23(27)29-5-2)24-18-12-9-13-20-17(18)14-21(25(20)3)16-10-7-6-8-11-16/h6-15,24H,4-5H2,1-3H3/b19-15-. The van der Waals surface area contributed by atoms with E-state index in [0.29, 0.717) is 5.69 Å². The number of anilines is 1. The van der Waals surface area contributed by atoms with Gasteiger partial charge in [-0.2, -0.15) is 0 Å². The van der Waals surface area contributed by atoms with Gasteiger partial charge in [-0.1, -0.05) is 36.4 Å². The second-order valence-electron chi connectivity index (χ2n) is 6.35. The number of hydrogen-bond acceptors (Lipinski definition) is 5. The van der Waals surface area contributed by atoms with Crippen LogP contribution < -0.4 is 5.32 Å². The molecule has 1 N–H and O–H groups in total. The van der Waals surface area contributed by atoms with Gasteiger partial charge in [0.2, 0.25) is 0 Å². The van der Waals surface area contributed by atoms with Crippen LogP contribution in [0, 0.1) is 0 Å². The average molecular weight is 392 g/mol. The number of ether oxygens (including phenoxy) is 2. The highest BCUT2D eigenvalue weighted by Crippen LogP contribution is 2.32. The van der Waals surface area contributed by atoms with E-state index in [1.54, 1.807) is 13.8 Å². The fourth-order valence-corrected chi connectivity index (χ4v) is 3.16. The predicted octanol–water partition coefficient (Wildman–Crippen LogP) is 4.27. The van der Waals surface area contributed by atoms with Gasteiger partial charge >= 0.3 is 11.9 Å². The maximum Gasteiger partial charge on any atom is 0.355 e. The van der Waals surface area contributed by atoms with Crippen molar-refractivity contribution < 1.29 is 19.1 Å². The number of rotatable bonds is 7. The van der Waals surface area contributed by atoms with Gasteiger partial charge in [0, 0.05) is 23.8 Å². The lowest BCUT2D eigenvalue weighted by molar-refractivity contribution is -0.140. The summed E-state index contributed by atoms with van der Waals surface area (Å²) in [7, 11) is 2.00. The molecule has 0 spiro atoms. The first-order chi connectivity index (χ1) is 14.0. The Bertz CT molecular complexity index is 1050. The number of esters is 2. The third-order valence-electron chi connectivity index (χ3n) is 4.47. The molecule has 0 saturated carbocycles. The van der Waals surface area contributed by atoms with Crippen LogP contribution in [-0.4, -0.2) is 29.7 Å². The molecule has 29 heavy (non-hydrogen) atoms. The number of carbonyl (C=O) groups excluding carboxylic acids is 2. The molecule has 0 fully saturated rings. The fourth-order valence-electron chi connectivity index (χ4n) is 3.16. The molecule has 1 aromatic heterocycles. The van der Waals surface area contributed by atoms with E-state index in [9.17, 15) is 9.59 Å². The lowest BCUT2D eigenvalue weighted by Gasteiger charge is -2.11. The molecule has 3 rings (SSSR count). The summed E-state index contributed by atoms with van der Waals surface area (Å²) in [4.78, 5) is 24.3. The number of benzene rings is 2. The van der Waals surface area contributed by atoms with Crippen LogP contribution in [0.2, 0.25) is 0 Å². The van der Waals surface area contributed by atoms with Crippen LogP contribution in [-0.2, 0) is 26.1 Å². The fraction of sp³-hybridized carbons (Fsp3) is 0.217. The van der Waals surface area contributed by atoms with Crippen LogP contribution >= 0.6 is 0 Å². The summed E-state index contributed by atoms with van der Waals surface area (Å²) in [5.41, 5.74) is 3.85. The van der Waals surface area contributed by atoms with Crippen LogP contribution in [0.15, 0.2) is 66.4 Å². The first-order valence-electron chi connectivity index (χ1n) is 9.51. The van der Waals surface area contributed by atoms with Crippen LogP contribution in [0.25, 0.3) is 22.2 Å². The quantitative estimate of drug-likeness (QED) is 0.480. The second-order valence-corrected chi connectivity index (χ2v) is 6.35. The topological polar surface area (TPSA) is 69.6 Å². The van der Waals surface area contributed by atoms with Crippen LogP contribution in [0.5, 0.6) is 0 Å². The Hall–Kier alpha value is -3.54. The highest BCUT2D eigenvalue weighted by molar-refractivity contribution is 6.03. The van der Waals surface area contributed by atoms with Crippen molar-refractivity contribution in [2.45, 2.75) is 13.8 Å². The van der Waals surface area contributed by atoms with Gasteiger partial charge in [0.1, 0.15) is 5.70 Å². The number of aryl methyl sites for hydroxylation is 1. The molecule has 0 aliphatic heterocycles. The van der Waals surface area contributed by atoms with Gasteiger partial charge in [0.15, 0.2) is 0 Å². The zero-order valence-electron chi connectivity index (χ0n) is 16.8. The molecule has 0 bridgehead atoms. The minimum Gasteiger partial charge on any atom is -0.463 e. The maximum atomic E-state index is 12.4. The Morgan fingerprint density at radius 3 is 2.41 bits per heavy atom. The molecule has 6 nitrogen and oxygen atoms in total. The van der Waals surface area contributed by atoms with Crippen LogP contribution in [0.1, 0.15) is 13.8 Å². The summed E-state index contributed by atoms with van der Waals surface area (Å²) in [5, 5.41) is 3.98. The van der Waals surface area contributed by atoms with E-state index in [-0.39, 0.29) is 18.9 Å². The predicted molar refractivity (Wildman–Crippen MR) is 113 cm³/mol. The molecule has 3 aromatic rings. The van der Waals surface area contributed by atoms with Crippen molar-refractivity contribution in [1.82, 2.24) is 4.57 Å².